The molecule has 0 amide bonds. The Kier molecular flexibility index (Phi) is 14.8. The van der Waals surface area contributed by atoms with Gasteiger partial charge in [-0.1, -0.05) is 216 Å². The number of rotatable bonds is 8. The first-order chi connectivity index (χ1) is 38.3. The number of hydrogen-bond acceptors (Lipinski definition) is 4. The highest BCUT2D eigenvalue weighted by Gasteiger charge is 2.28. The number of aliphatic hydroxyl groups excluding tert-OH is 1. The number of aromatic amines is 2. The average molecular weight is 1090 g/mol. The number of nitrogens with one attached hydrogen (secondary N) is 2. The third-order valence-corrected chi connectivity index (χ3v) is 16.4. The number of hydrogen-bond donors (Lipinski definition) is 3. The molecule has 5 heterocycles. The van der Waals surface area contributed by atoms with Crippen LogP contribution in [0.15, 0.2) is 127 Å². The van der Waals surface area contributed by atoms with E-state index in [4.69, 9.17) is 14.7 Å². The second-order valence-electron chi connectivity index (χ2n) is 29.2. The Morgan fingerprint density at radius 1 is 0.329 bits per heavy atom. The number of aromatic nitrogens is 4. The molecule has 8 aromatic rings. The Morgan fingerprint density at radius 3 is 0.866 bits per heavy atom. The van der Waals surface area contributed by atoms with Crippen molar-refractivity contribution in [2.45, 2.75) is 170 Å². The molecule has 2 aliphatic heterocycles. The van der Waals surface area contributed by atoms with Crippen molar-refractivity contribution in [3.05, 3.63) is 195 Å². The molecular formula is C76H86N4O2. The molecular weight excluding hydrogens is 1000 g/mol. The van der Waals surface area contributed by atoms with Gasteiger partial charge in [-0.25, -0.2) is 9.97 Å². The maximum atomic E-state index is 9.62. The third-order valence-electron chi connectivity index (χ3n) is 16.4. The van der Waals surface area contributed by atoms with Gasteiger partial charge in [0, 0.05) is 44.3 Å². The largest absolute Gasteiger partial charge is 0.489 e. The first-order valence-electron chi connectivity index (χ1n) is 29.4. The first kappa shape index (κ1) is 57.7. The minimum atomic E-state index is -0.114. The lowest BCUT2D eigenvalue weighted by Gasteiger charge is -2.26. The average Bonchev–Trinajstić information content (AvgIpc) is 4.35. The van der Waals surface area contributed by atoms with E-state index in [9.17, 15) is 5.11 Å². The minimum absolute atomic E-state index is 0.00376. The summed E-state index contributed by atoms with van der Waals surface area (Å²) in [5.41, 5.74) is 24.7. The quantitative estimate of drug-likeness (QED) is 0.141. The fraction of sp³-hybridized carbons (Fsp3) is 0.342. The van der Waals surface area contributed by atoms with E-state index < -0.39 is 0 Å². The summed E-state index contributed by atoms with van der Waals surface area (Å²) in [5.74, 6) is 0.754. The second-order valence-corrected chi connectivity index (χ2v) is 29.2. The van der Waals surface area contributed by atoms with E-state index in [1.165, 1.54) is 33.4 Å². The molecule has 0 fully saturated rings. The van der Waals surface area contributed by atoms with Crippen molar-refractivity contribution in [3.8, 4) is 50.3 Å². The summed E-state index contributed by atoms with van der Waals surface area (Å²) in [4.78, 5) is 19.7. The van der Waals surface area contributed by atoms with E-state index in [0.717, 1.165) is 106 Å². The highest BCUT2D eigenvalue weighted by atomic mass is 16.5. The molecule has 422 valence electrons. The van der Waals surface area contributed by atoms with Gasteiger partial charge in [-0.05, 0) is 160 Å². The van der Waals surface area contributed by atoms with Gasteiger partial charge in [0.1, 0.15) is 12.4 Å². The Labute approximate surface area is 488 Å². The molecule has 0 spiro atoms. The highest BCUT2D eigenvalue weighted by molar-refractivity contribution is 6.00. The van der Waals surface area contributed by atoms with Crippen LogP contribution < -0.4 is 4.74 Å². The molecule has 8 bridgehead atoms. The van der Waals surface area contributed by atoms with Crippen LogP contribution in [0.5, 0.6) is 5.75 Å². The SMILES string of the molecule is CC(C)(C)c1cc(-c2c3nc(c(-c4cc(C(C)(C)C)cc(C(C)(C)C)c4)c4ccc([nH]4)c(-c4cc(C(C)(C)C)cc(C(C)(C)C)c4)c4nc(c(-c5ccc(COc6ccc(CO)cc6)cc5)c5ccc2[nH]5)C=C4)C=C3)cc(C(C)(C)C)c1. The molecule has 0 aliphatic carbocycles. The summed E-state index contributed by atoms with van der Waals surface area (Å²) in [6, 6.07) is 46.8. The zero-order valence-corrected chi connectivity index (χ0v) is 52.1. The van der Waals surface area contributed by atoms with Crippen LogP contribution >= 0.6 is 0 Å². The van der Waals surface area contributed by atoms with Crippen LogP contribution in [0, 0.1) is 0 Å². The van der Waals surface area contributed by atoms with Crippen LogP contribution in [0.2, 0.25) is 0 Å². The maximum Gasteiger partial charge on any atom is 0.119 e. The highest BCUT2D eigenvalue weighted by Crippen LogP contribution is 2.44. The number of nitrogens with zero attached hydrogens (tertiary/aromatic N) is 2. The fourth-order valence-electron chi connectivity index (χ4n) is 11.0. The zero-order valence-electron chi connectivity index (χ0n) is 52.1. The van der Waals surface area contributed by atoms with E-state index >= 15 is 0 Å². The van der Waals surface area contributed by atoms with Crippen molar-refractivity contribution in [3.63, 3.8) is 0 Å². The Hall–Kier alpha value is -7.54. The first-order valence-corrected chi connectivity index (χ1v) is 29.4. The van der Waals surface area contributed by atoms with Gasteiger partial charge in [0.05, 0.1) is 29.4 Å². The molecule has 82 heavy (non-hydrogen) atoms. The van der Waals surface area contributed by atoms with Crippen LogP contribution in [0.25, 0.3) is 90.9 Å². The number of fused-ring (bicyclic) bond motifs is 8. The smallest absolute Gasteiger partial charge is 0.119 e. The number of H-pyrrole nitrogens is 2. The summed E-state index contributed by atoms with van der Waals surface area (Å²) in [7, 11) is 0. The molecule has 6 heteroatoms. The number of ether oxygens (including phenoxy) is 1. The molecule has 3 aromatic heterocycles. The molecule has 6 nitrogen and oxygen atoms in total. The lowest BCUT2D eigenvalue weighted by Crippen LogP contribution is -2.16. The molecule has 0 atom stereocenters. The van der Waals surface area contributed by atoms with Crippen LogP contribution in [0.4, 0.5) is 0 Å². The van der Waals surface area contributed by atoms with E-state index in [2.05, 4.69) is 262 Å². The van der Waals surface area contributed by atoms with E-state index in [-0.39, 0.29) is 39.1 Å². The van der Waals surface area contributed by atoms with Gasteiger partial charge in [-0.3, -0.25) is 0 Å². The van der Waals surface area contributed by atoms with E-state index in [1.807, 2.05) is 24.3 Å². The summed E-state index contributed by atoms with van der Waals surface area (Å²) in [6.45, 7) is 41.9. The topological polar surface area (TPSA) is 86.8 Å². The molecule has 2 aliphatic rings. The predicted molar refractivity (Wildman–Crippen MR) is 349 cm³/mol. The summed E-state index contributed by atoms with van der Waals surface area (Å²) >= 11 is 0. The summed E-state index contributed by atoms with van der Waals surface area (Å²) < 4.78 is 6.25. The van der Waals surface area contributed by atoms with Crippen molar-refractivity contribution >= 4 is 46.4 Å². The van der Waals surface area contributed by atoms with Gasteiger partial charge in [0.2, 0.25) is 0 Å². The Morgan fingerprint density at radius 2 is 0.598 bits per heavy atom. The normalized spacial score (nSPS) is 13.3. The van der Waals surface area contributed by atoms with Crippen molar-refractivity contribution in [2.75, 3.05) is 0 Å². The zero-order chi connectivity index (χ0) is 59.1. The summed E-state index contributed by atoms with van der Waals surface area (Å²) in [5, 5.41) is 9.62. The molecule has 0 saturated heterocycles. The van der Waals surface area contributed by atoms with Gasteiger partial charge in [-0.15, -0.1) is 0 Å². The molecule has 5 aromatic carbocycles. The molecule has 3 N–H and O–H groups in total. The van der Waals surface area contributed by atoms with Gasteiger partial charge in [0.15, 0.2) is 0 Å². The van der Waals surface area contributed by atoms with E-state index in [0.29, 0.717) is 6.61 Å². The van der Waals surface area contributed by atoms with E-state index in [1.54, 1.807) is 0 Å². The minimum Gasteiger partial charge on any atom is -0.489 e. The van der Waals surface area contributed by atoms with Gasteiger partial charge in [0.25, 0.3) is 0 Å². The third kappa shape index (κ3) is 12.0. The maximum absolute atomic E-state index is 9.62. The fourth-order valence-corrected chi connectivity index (χ4v) is 11.0. The molecule has 10 rings (SSSR count). The lowest BCUT2D eigenvalue weighted by atomic mass is 9.78. The predicted octanol–water partition coefficient (Wildman–Crippen LogP) is 20.2. The van der Waals surface area contributed by atoms with Gasteiger partial charge < -0.3 is 19.8 Å². The summed E-state index contributed by atoms with van der Waals surface area (Å²) in [6.07, 6.45) is 8.86. The van der Waals surface area contributed by atoms with Crippen molar-refractivity contribution in [1.29, 1.82) is 0 Å². The van der Waals surface area contributed by atoms with Crippen molar-refractivity contribution in [1.82, 2.24) is 19.9 Å². The van der Waals surface area contributed by atoms with Gasteiger partial charge in [-0.2, -0.15) is 0 Å². The van der Waals surface area contributed by atoms with Crippen LogP contribution in [-0.2, 0) is 45.7 Å². The lowest BCUT2D eigenvalue weighted by molar-refractivity contribution is 0.280. The van der Waals surface area contributed by atoms with Crippen LogP contribution in [-0.4, -0.2) is 25.0 Å². The molecule has 0 saturated carbocycles. The Bertz CT molecular complexity index is 3810. The van der Waals surface area contributed by atoms with Crippen LogP contribution in [0.3, 0.4) is 0 Å². The molecule has 0 radical (unpaired) electrons. The Balaban J connectivity index is 1.35. The van der Waals surface area contributed by atoms with Crippen molar-refractivity contribution in [2.24, 2.45) is 0 Å². The van der Waals surface area contributed by atoms with Crippen LogP contribution in [0.1, 0.15) is 192 Å². The second kappa shape index (κ2) is 21.0. The standard InChI is InChI=1S/C76H86N4O2/c1-71(2,3)52-35-49(36-53(41-52)72(4,5)6)68-61-29-27-59(77-61)67(48-23-19-47(20-24-48)45-82-58-25-21-46(44-81)22-26-58)60-28-30-62(78-60)69(50-37-54(73(7,8)9)42-55(38-50)74(10,11)12)64-32-34-66(80-64)70(65-33-31-63(68)79-65)51-39-56(75(13,14)15)43-57(40-51)76(16,17)18/h19-43,77,80-81H,44-45H2,1-18H3. The molecule has 0 unspecified atom stereocenters. The van der Waals surface area contributed by atoms with Gasteiger partial charge >= 0.3 is 0 Å². The number of benzene rings is 5. The number of aliphatic hydroxyl groups is 1. The van der Waals surface area contributed by atoms with Crippen molar-refractivity contribution < 1.29 is 9.84 Å². The monoisotopic (exact) mass is 1090 g/mol.